The summed E-state index contributed by atoms with van der Waals surface area (Å²) >= 11 is 0. The van der Waals surface area contributed by atoms with Crippen LogP contribution in [0, 0.1) is 28.6 Å². The van der Waals surface area contributed by atoms with E-state index >= 15 is 4.39 Å². The van der Waals surface area contributed by atoms with Gasteiger partial charge in [0.2, 0.25) is 0 Å². The topological polar surface area (TPSA) is 57.5 Å². The second-order valence-corrected chi connectivity index (χ2v) is 9.20. The fraction of sp³-hybridized carbons (Fsp3) is 0.947. The molecular formula is C19H29FO3. The molecule has 0 saturated heterocycles. The van der Waals surface area contributed by atoms with Crippen molar-refractivity contribution in [2.75, 3.05) is 0 Å². The van der Waals surface area contributed by atoms with Crippen molar-refractivity contribution in [3.8, 4) is 0 Å². The highest BCUT2D eigenvalue weighted by atomic mass is 19.1. The van der Waals surface area contributed by atoms with Gasteiger partial charge in [0.25, 0.3) is 0 Å². The summed E-state index contributed by atoms with van der Waals surface area (Å²) < 4.78 is 16.6. The van der Waals surface area contributed by atoms with Crippen LogP contribution in [0.4, 0.5) is 4.39 Å². The summed E-state index contributed by atoms with van der Waals surface area (Å²) in [7, 11) is 0. The first kappa shape index (κ1) is 16.0. The molecule has 0 aliphatic heterocycles. The molecule has 0 unspecified atom stereocenters. The van der Waals surface area contributed by atoms with Gasteiger partial charge in [0.05, 0.1) is 12.2 Å². The van der Waals surface area contributed by atoms with Gasteiger partial charge in [-0.1, -0.05) is 13.8 Å². The van der Waals surface area contributed by atoms with E-state index in [-0.39, 0.29) is 36.1 Å². The van der Waals surface area contributed by atoms with E-state index < -0.39 is 22.6 Å². The Morgan fingerprint density at radius 2 is 1.83 bits per heavy atom. The van der Waals surface area contributed by atoms with E-state index in [4.69, 9.17) is 0 Å². The quantitative estimate of drug-likeness (QED) is 0.720. The minimum atomic E-state index is -1.61. The van der Waals surface area contributed by atoms with Crippen molar-refractivity contribution in [2.24, 2.45) is 28.6 Å². The first-order valence-corrected chi connectivity index (χ1v) is 9.32. The Hall–Kier alpha value is -0.480. The first-order valence-electron chi connectivity index (χ1n) is 9.32. The van der Waals surface area contributed by atoms with Crippen LogP contribution in [-0.4, -0.2) is 33.9 Å². The number of halogens is 1. The van der Waals surface area contributed by atoms with E-state index in [1.54, 1.807) is 0 Å². The number of rotatable bonds is 0. The molecule has 0 bridgehead atoms. The van der Waals surface area contributed by atoms with Gasteiger partial charge in [-0.3, -0.25) is 4.79 Å². The summed E-state index contributed by atoms with van der Waals surface area (Å²) in [5, 5.41) is 20.9. The van der Waals surface area contributed by atoms with Gasteiger partial charge in [-0.15, -0.1) is 0 Å². The predicted molar refractivity (Wildman–Crippen MR) is 84.5 cm³/mol. The van der Waals surface area contributed by atoms with Crippen LogP contribution in [0.2, 0.25) is 0 Å². The van der Waals surface area contributed by atoms with Crippen LogP contribution >= 0.6 is 0 Å². The molecule has 4 aliphatic carbocycles. The van der Waals surface area contributed by atoms with Gasteiger partial charge < -0.3 is 10.2 Å². The van der Waals surface area contributed by atoms with E-state index in [1.165, 1.54) is 0 Å². The van der Waals surface area contributed by atoms with Gasteiger partial charge in [-0.2, -0.15) is 0 Å². The lowest BCUT2D eigenvalue weighted by Crippen LogP contribution is -2.69. The fourth-order valence-electron chi connectivity index (χ4n) is 7.01. The number of Topliss-reactive ketones (excluding diaryl/α,β-unsaturated/α-hetero) is 1. The maximum absolute atomic E-state index is 16.6. The lowest BCUT2D eigenvalue weighted by atomic mass is 9.43. The summed E-state index contributed by atoms with van der Waals surface area (Å²) in [5.74, 6) is 0.228. The van der Waals surface area contributed by atoms with Crippen molar-refractivity contribution >= 4 is 5.78 Å². The van der Waals surface area contributed by atoms with E-state index in [9.17, 15) is 15.0 Å². The number of alkyl halides is 1. The molecule has 130 valence electrons. The molecule has 4 aliphatic rings. The molecule has 4 saturated carbocycles. The molecule has 0 heterocycles. The van der Waals surface area contributed by atoms with Gasteiger partial charge in [0.1, 0.15) is 11.5 Å². The van der Waals surface area contributed by atoms with Gasteiger partial charge in [0.15, 0.2) is 0 Å². The summed E-state index contributed by atoms with van der Waals surface area (Å²) in [6.07, 6.45) is 3.79. The number of aliphatic hydroxyl groups is 2. The normalized spacial score (nSPS) is 59.2. The predicted octanol–water partition coefficient (Wildman–Crippen LogP) is 3.02. The van der Waals surface area contributed by atoms with E-state index in [0.29, 0.717) is 25.7 Å². The molecule has 4 rings (SSSR count). The summed E-state index contributed by atoms with van der Waals surface area (Å²) in [6, 6.07) is 0. The largest absolute Gasteiger partial charge is 0.393 e. The lowest BCUT2D eigenvalue weighted by Gasteiger charge is -2.64. The number of fused-ring (bicyclic) bond motifs is 5. The molecule has 0 radical (unpaired) electrons. The number of aliphatic hydroxyl groups excluding tert-OH is 2. The van der Waals surface area contributed by atoms with Crippen LogP contribution in [0.3, 0.4) is 0 Å². The smallest absolute Gasteiger partial charge is 0.145 e. The third kappa shape index (κ3) is 1.80. The van der Waals surface area contributed by atoms with Gasteiger partial charge in [0, 0.05) is 17.3 Å². The first-order chi connectivity index (χ1) is 10.7. The van der Waals surface area contributed by atoms with Gasteiger partial charge in [-0.05, 0) is 62.7 Å². The molecule has 4 fully saturated rings. The Morgan fingerprint density at radius 3 is 2.57 bits per heavy atom. The third-order valence-corrected chi connectivity index (χ3v) is 8.42. The number of hydrogen-bond acceptors (Lipinski definition) is 3. The van der Waals surface area contributed by atoms with E-state index in [2.05, 4.69) is 0 Å². The van der Waals surface area contributed by atoms with Crippen LogP contribution in [0.15, 0.2) is 0 Å². The van der Waals surface area contributed by atoms with Crippen LogP contribution in [0.25, 0.3) is 0 Å². The average molecular weight is 324 g/mol. The molecule has 2 N–H and O–H groups in total. The summed E-state index contributed by atoms with van der Waals surface area (Å²) in [5.41, 5.74) is -2.70. The molecule has 4 heteroatoms. The second kappa shape index (κ2) is 4.78. The molecule has 8 atom stereocenters. The fourth-order valence-corrected chi connectivity index (χ4v) is 7.01. The van der Waals surface area contributed by atoms with Gasteiger partial charge >= 0.3 is 0 Å². The number of hydrogen-bond donors (Lipinski definition) is 2. The number of carbonyl (C=O) groups excluding carboxylic acids is 1. The maximum atomic E-state index is 16.6. The van der Waals surface area contributed by atoms with Crippen molar-refractivity contribution in [3.05, 3.63) is 0 Å². The molecule has 0 aromatic rings. The van der Waals surface area contributed by atoms with Crippen LogP contribution in [0.1, 0.15) is 65.2 Å². The Bertz CT molecular complexity index is 537. The van der Waals surface area contributed by atoms with E-state index in [1.807, 2.05) is 13.8 Å². The monoisotopic (exact) mass is 324 g/mol. The van der Waals surface area contributed by atoms with Crippen LogP contribution in [0.5, 0.6) is 0 Å². The minimum Gasteiger partial charge on any atom is -0.393 e. The zero-order valence-corrected chi connectivity index (χ0v) is 14.2. The number of carbonyl (C=O) groups is 1. The van der Waals surface area contributed by atoms with Crippen molar-refractivity contribution in [3.63, 3.8) is 0 Å². The Kier molecular flexibility index (Phi) is 3.33. The van der Waals surface area contributed by atoms with Crippen LogP contribution in [-0.2, 0) is 4.79 Å². The standard InChI is InChI=1S/C19H29FO3/c1-17-10-16(23)19(20)14(13(17)5-6-15(17)22)4-3-11-9-12(21)7-8-18(11,19)2/h11-14,16,21,23H,3-10H2,1-2H3/t11-,12+,13+,14+,16-,17-,18-,19-/m0/s1. The highest BCUT2D eigenvalue weighted by Gasteiger charge is 2.71. The Balaban J connectivity index is 1.76. The summed E-state index contributed by atoms with van der Waals surface area (Å²) in [4.78, 5) is 12.4. The van der Waals surface area contributed by atoms with Crippen molar-refractivity contribution in [1.29, 1.82) is 0 Å². The van der Waals surface area contributed by atoms with Crippen LogP contribution < -0.4 is 0 Å². The minimum absolute atomic E-state index is 0.0769. The highest BCUT2D eigenvalue weighted by molar-refractivity contribution is 5.87. The van der Waals surface area contributed by atoms with Crippen molar-refractivity contribution < 1.29 is 19.4 Å². The Labute approximate surface area is 137 Å². The Morgan fingerprint density at radius 1 is 1.09 bits per heavy atom. The van der Waals surface area contributed by atoms with Crippen molar-refractivity contribution in [1.82, 2.24) is 0 Å². The third-order valence-electron chi connectivity index (χ3n) is 8.42. The zero-order valence-electron chi connectivity index (χ0n) is 14.2. The molecular weight excluding hydrogens is 295 g/mol. The molecule has 3 nitrogen and oxygen atoms in total. The van der Waals surface area contributed by atoms with Crippen molar-refractivity contribution in [2.45, 2.75) is 83.1 Å². The second-order valence-electron chi connectivity index (χ2n) is 9.20. The van der Waals surface area contributed by atoms with E-state index in [0.717, 1.165) is 19.3 Å². The molecule has 0 spiro atoms. The molecule has 0 amide bonds. The highest BCUT2D eigenvalue weighted by Crippen LogP contribution is 2.68. The molecule has 23 heavy (non-hydrogen) atoms. The molecule has 0 aromatic carbocycles. The zero-order chi connectivity index (χ0) is 16.6. The average Bonchev–Trinajstić information content (AvgIpc) is 2.77. The molecule has 0 aromatic heterocycles. The maximum Gasteiger partial charge on any atom is 0.145 e. The SMILES string of the molecule is C[C@]12CC[C@@H](O)C[C@@H]1CC[C@@H]1[C@H]3CCC(=O)[C@@]3(C)C[C@H](O)[C@@]12F. The number of ketones is 1. The lowest BCUT2D eigenvalue weighted by molar-refractivity contribution is -0.244. The summed E-state index contributed by atoms with van der Waals surface area (Å²) in [6.45, 7) is 3.95. The van der Waals surface area contributed by atoms with Gasteiger partial charge in [-0.25, -0.2) is 4.39 Å².